The number of aromatic nitrogens is 4. The van der Waals surface area contributed by atoms with E-state index < -0.39 is 0 Å². The van der Waals surface area contributed by atoms with Crippen molar-refractivity contribution in [1.82, 2.24) is 19.5 Å². The highest BCUT2D eigenvalue weighted by molar-refractivity contribution is 9.10. The number of nitrogens with two attached hydrogens (primary N) is 1. The van der Waals surface area contributed by atoms with Gasteiger partial charge in [0.1, 0.15) is 5.52 Å². The second-order valence-electron chi connectivity index (χ2n) is 3.66. The van der Waals surface area contributed by atoms with E-state index in [2.05, 4.69) is 30.9 Å². The molecule has 0 bridgehead atoms. The van der Waals surface area contributed by atoms with Gasteiger partial charge in [0.05, 0.1) is 16.9 Å². The molecule has 0 amide bonds. The zero-order valence-corrected chi connectivity index (χ0v) is 11.4. The van der Waals surface area contributed by atoms with Gasteiger partial charge in [-0.15, -0.1) is 0 Å². The lowest BCUT2D eigenvalue weighted by molar-refractivity contribution is 1.06. The normalized spacial score (nSPS) is 11.0. The summed E-state index contributed by atoms with van der Waals surface area (Å²) in [6.07, 6.45) is 4.95. The molecule has 2 N–H and O–H groups in total. The molecule has 5 nitrogen and oxygen atoms in total. The quantitative estimate of drug-likeness (QED) is 0.747. The molecule has 0 spiro atoms. The highest BCUT2D eigenvalue weighted by Gasteiger charge is 2.12. The Morgan fingerprint density at radius 2 is 2.06 bits per heavy atom. The third-order valence-corrected chi connectivity index (χ3v) is 3.08. The number of fused-ring (bicyclic) bond motifs is 1. The van der Waals surface area contributed by atoms with Crippen LogP contribution in [0.15, 0.2) is 35.2 Å². The Morgan fingerprint density at radius 1 is 1.22 bits per heavy atom. The highest BCUT2D eigenvalue weighted by Crippen LogP contribution is 2.24. The van der Waals surface area contributed by atoms with Crippen LogP contribution in [0.25, 0.3) is 16.9 Å². The van der Waals surface area contributed by atoms with Crippen molar-refractivity contribution in [1.29, 1.82) is 0 Å². The van der Waals surface area contributed by atoms with Gasteiger partial charge in [-0.25, -0.2) is 9.97 Å². The van der Waals surface area contributed by atoms with Gasteiger partial charge in [0, 0.05) is 16.9 Å². The lowest BCUT2D eigenvalue weighted by atomic mass is 10.4. The van der Waals surface area contributed by atoms with Gasteiger partial charge < -0.3 is 5.73 Å². The third-order valence-electron chi connectivity index (χ3n) is 2.44. The number of halogens is 2. The molecule has 3 aromatic rings. The van der Waals surface area contributed by atoms with E-state index in [4.69, 9.17) is 17.3 Å². The fourth-order valence-corrected chi connectivity index (χ4v) is 2.24. The second kappa shape index (κ2) is 4.22. The molecule has 0 fully saturated rings. The van der Waals surface area contributed by atoms with Crippen LogP contribution in [0.4, 0.5) is 5.95 Å². The number of hydrogen-bond acceptors (Lipinski definition) is 4. The summed E-state index contributed by atoms with van der Waals surface area (Å²) in [6, 6.07) is 3.61. The summed E-state index contributed by atoms with van der Waals surface area (Å²) in [5, 5.41) is 0.527. The Morgan fingerprint density at radius 3 is 2.83 bits per heavy atom. The summed E-state index contributed by atoms with van der Waals surface area (Å²) in [4.78, 5) is 12.6. The number of nitrogens with zero attached hydrogens (tertiary/aromatic N) is 4. The van der Waals surface area contributed by atoms with Gasteiger partial charge in [0.15, 0.2) is 5.65 Å². The van der Waals surface area contributed by atoms with Crippen molar-refractivity contribution in [2.45, 2.75) is 0 Å². The predicted octanol–water partition coefficient (Wildman–Crippen LogP) is 2.81. The monoisotopic (exact) mass is 323 g/mol. The molecule has 18 heavy (non-hydrogen) atoms. The summed E-state index contributed by atoms with van der Waals surface area (Å²) in [6.45, 7) is 0. The van der Waals surface area contributed by atoms with Crippen molar-refractivity contribution < 1.29 is 0 Å². The first-order chi connectivity index (χ1) is 8.65. The van der Waals surface area contributed by atoms with E-state index in [1.165, 1.54) is 0 Å². The van der Waals surface area contributed by atoms with E-state index in [0.717, 1.165) is 10.2 Å². The van der Waals surface area contributed by atoms with Crippen molar-refractivity contribution in [3.63, 3.8) is 0 Å². The van der Waals surface area contributed by atoms with E-state index in [-0.39, 0.29) is 0 Å². The number of anilines is 1. The van der Waals surface area contributed by atoms with Crippen LogP contribution in [0.1, 0.15) is 0 Å². The molecule has 0 aliphatic rings. The van der Waals surface area contributed by atoms with Crippen LogP contribution < -0.4 is 5.73 Å². The van der Waals surface area contributed by atoms with Crippen molar-refractivity contribution >= 4 is 44.6 Å². The minimum Gasteiger partial charge on any atom is -0.369 e. The average molecular weight is 325 g/mol. The van der Waals surface area contributed by atoms with Crippen LogP contribution in [0, 0.1) is 0 Å². The SMILES string of the molecule is Nc1nc2cc(Cl)cnc2n1-c1cncc(Br)c1. The maximum Gasteiger partial charge on any atom is 0.207 e. The number of nitrogen functional groups attached to an aromatic ring is 1. The first-order valence-corrected chi connectivity index (χ1v) is 6.22. The summed E-state index contributed by atoms with van der Waals surface area (Å²) < 4.78 is 2.58. The fourth-order valence-electron chi connectivity index (χ4n) is 1.74. The molecule has 0 radical (unpaired) electrons. The maximum atomic E-state index is 5.91. The number of hydrogen-bond donors (Lipinski definition) is 1. The highest BCUT2D eigenvalue weighted by atomic mass is 79.9. The molecule has 0 atom stereocenters. The van der Waals surface area contributed by atoms with E-state index in [1.54, 1.807) is 29.2 Å². The first-order valence-electron chi connectivity index (χ1n) is 5.05. The molecular formula is C11H7BrClN5. The smallest absolute Gasteiger partial charge is 0.207 e. The van der Waals surface area contributed by atoms with Gasteiger partial charge in [-0.05, 0) is 28.1 Å². The van der Waals surface area contributed by atoms with Crippen LogP contribution in [0.3, 0.4) is 0 Å². The molecular weight excluding hydrogens is 318 g/mol. The standard InChI is InChI=1S/C11H7BrClN5/c12-6-1-8(5-15-3-6)18-10-9(17-11(18)14)2-7(13)4-16-10/h1-5H,(H2,14,17). The summed E-state index contributed by atoms with van der Waals surface area (Å²) in [5.41, 5.74) is 8.00. The summed E-state index contributed by atoms with van der Waals surface area (Å²) in [7, 11) is 0. The van der Waals surface area contributed by atoms with Crippen molar-refractivity contribution in [3.05, 3.63) is 40.2 Å². The lowest BCUT2D eigenvalue weighted by Crippen LogP contribution is -2.01. The number of rotatable bonds is 1. The third kappa shape index (κ3) is 1.83. The van der Waals surface area contributed by atoms with Gasteiger partial charge in [0.25, 0.3) is 0 Å². The van der Waals surface area contributed by atoms with Crippen LogP contribution in [0.2, 0.25) is 5.02 Å². The minimum absolute atomic E-state index is 0.347. The van der Waals surface area contributed by atoms with Gasteiger partial charge in [-0.2, -0.15) is 0 Å². The van der Waals surface area contributed by atoms with Gasteiger partial charge in [-0.1, -0.05) is 11.6 Å². The zero-order chi connectivity index (χ0) is 12.7. The Kier molecular flexibility index (Phi) is 2.68. The largest absolute Gasteiger partial charge is 0.369 e. The minimum atomic E-state index is 0.347. The topological polar surface area (TPSA) is 69.6 Å². The molecule has 7 heteroatoms. The summed E-state index contributed by atoms with van der Waals surface area (Å²) >= 11 is 9.25. The van der Waals surface area contributed by atoms with E-state index in [0.29, 0.717) is 22.1 Å². The first kappa shape index (κ1) is 11.4. The molecule has 0 saturated heterocycles. The number of imidazole rings is 1. The Bertz CT molecular complexity index is 739. The van der Waals surface area contributed by atoms with E-state index >= 15 is 0 Å². The van der Waals surface area contributed by atoms with Crippen molar-refractivity contribution in [2.75, 3.05) is 5.73 Å². The lowest BCUT2D eigenvalue weighted by Gasteiger charge is -2.05. The van der Waals surface area contributed by atoms with Gasteiger partial charge in [0.2, 0.25) is 5.95 Å². The Labute approximate surface area is 116 Å². The van der Waals surface area contributed by atoms with Crippen molar-refractivity contribution in [3.8, 4) is 5.69 Å². The van der Waals surface area contributed by atoms with Crippen LogP contribution in [-0.4, -0.2) is 19.5 Å². The second-order valence-corrected chi connectivity index (χ2v) is 5.02. The molecule has 3 heterocycles. The fraction of sp³-hybridized carbons (Fsp3) is 0. The molecule has 0 aromatic carbocycles. The molecule has 0 saturated carbocycles. The molecule has 0 aliphatic carbocycles. The Balaban J connectivity index is 2.32. The van der Waals surface area contributed by atoms with Crippen molar-refractivity contribution in [2.24, 2.45) is 0 Å². The molecule has 3 aromatic heterocycles. The summed E-state index contributed by atoms with van der Waals surface area (Å²) in [5.74, 6) is 0.347. The molecule has 90 valence electrons. The molecule has 0 aliphatic heterocycles. The van der Waals surface area contributed by atoms with Crippen LogP contribution in [-0.2, 0) is 0 Å². The van der Waals surface area contributed by atoms with E-state index in [9.17, 15) is 0 Å². The van der Waals surface area contributed by atoms with Gasteiger partial charge >= 0.3 is 0 Å². The van der Waals surface area contributed by atoms with Crippen LogP contribution in [0.5, 0.6) is 0 Å². The number of pyridine rings is 2. The Hall–Kier alpha value is -1.66. The van der Waals surface area contributed by atoms with Crippen LogP contribution >= 0.6 is 27.5 Å². The van der Waals surface area contributed by atoms with E-state index in [1.807, 2.05) is 6.07 Å². The molecule has 3 rings (SSSR count). The average Bonchev–Trinajstić information content (AvgIpc) is 2.64. The zero-order valence-electron chi connectivity index (χ0n) is 9.01. The molecule has 0 unspecified atom stereocenters. The maximum absolute atomic E-state index is 5.91. The van der Waals surface area contributed by atoms with Gasteiger partial charge in [-0.3, -0.25) is 9.55 Å². The predicted molar refractivity (Wildman–Crippen MR) is 73.8 cm³/mol.